The molecular formula is C21H27ClN4O3. The molecule has 8 heteroatoms. The van der Waals surface area contributed by atoms with Crippen molar-refractivity contribution in [2.24, 2.45) is 0 Å². The number of hydrogen-bond donors (Lipinski definition) is 1. The summed E-state index contributed by atoms with van der Waals surface area (Å²) in [5.74, 6) is 1.85. The third-order valence-corrected chi connectivity index (χ3v) is 6.28. The second-order valence-electron chi connectivity index (χ2n) is 8.05. The van der Waals surface area contributed by atoms with Crippen molar-refractivity contribution in [3.05, 3.63) is 40.4 Å². The summed E-state index contributed by atoms with van der Waals surface area (Å²) in [5, 5.41) is 19.0. The van der Waals surface area contributed by atoms with E-state index < -0.39 is 6.09 Å². The number of nitrogens with zero attached hydrogens (tertiary/aromatic N) is 4. The molecule has 4 rings (SSSR count). The predicted octanol–water partition coefficient (Wildman–Crippen LogP) is 4.76. The van der Waals surface area contributed by atoms with Gasteiger partial charge in [-0.05, 0) is 62.8 Å². The van der Waals surface area contributed by atoms with E-state index in [-0.39, 0.29) is 19.0 Å². The lowest BCUT2D eigenvalue weighted by Crippen LogP contribution is -2.28. The van der Waals surface area contributed by atoms with Gasteiger partial charge < -0.3 is 9.84 Å². The Labute approximate surface area is 175 Å². The number of carboxylic acid groups (broad SMARTS) is 1. The van der Waals surface area contributed by atoms with Crippen LogP contribution < -0.4 is 0 Å². The molecule has 0 saturated heterocycles. The van der Waals surface area contributed by atoms with Gasteiger partial charge in [0.25, 0.3) is 0 Å². The summed E-state index contributed by atoms with van der Waals surface area (Å²) in [6.45, 7) is 4.76. The molecule has 2 aromatic rings. The highest BCUT2D eigenvalue weighted by Crippen LogP contribution is 2.37. The van der Waals surface area contributed by atoms with Crippen LogP contribution in [0.5, 0.6) is 0 Å². The molecule has 156 valence electrons. The van der Waals surface area contributed by atoms with Crippen molar-refractivity contribution >= 4 is 17.7 Å². The molecular weight excluding hydrogens is 392 g/mol. The molecule has 2 aliphatic rings. The monoisotopic (exact) mass is 418 g/mol. The normalized spacial score (nSPS) is 22.5. The number of halogens is 1. The standard InChI is InChI=1S/C21H27ClN4O3/c1-3-13(2)29-17-7-4-14(5-8-17)20-24-23-19-12-25(21(27)28)11-15-10-16(22)6-9-18(15)26(19)20/h6,9-10,13-14,17H,3-5,7-8,11-12H2,1-2H3,(H,27,28). The van der Waals surface area contributed by atoms with Gasteiger partial charge in [-0.1, -0.05) is 18.5 Å². The number of aromatic nitrogens is 3. The second kappa shape index (κ2) is 8.32. The number of amides is 1. The lowest BCUT2D eigenvalue weighted by atomic mass is 9.86. The maximum atomic E-state index is 11.7. The van der Waals surface area contributed by atoms with Gasteiger partial charge in [-0.3, -0.25) is 9.47 Å². The third kappa shape index (κ3) is 4.12. The van der Waals surface area contributed by atoms with Crippen LogP contribution in [0.3, 0.4) is 0 Å². The Morgan fingerprint density at radius 2 is 2.03 bits per heavy atom. The summed E-state index contributed by atoms with van der Waals surface area (Å²) < 4.78 is 8.17. The molecule has 0 radical (unpaired) electrons. The number of ether oxygens (including phenoxy) is 1. The van der Waals surface area contributed by atoms with Crippen molar-refractivity contribution in [2.75, 3.05) is 0 Å². The van der Waals surface area contributed by atoms with Crippen LogP contribution in [-0.4, -0.2) is 43.1 Å². The highest BCUT2D eigenvalue weighted by molar-refractivity contribution is 6.30. The first kappa shape index (κ1) is 20.2. The van der Waals surface area contributed by atoms with E-state index in [9.17, 15) is 9.90 Å². The van der Waals surface area contributed by atoms with Crippen molar-refractivity contribution < 1.29 is 14.6 Å². The average Bonchev–Trinajstić information content (AvgIpc) is 3.04. The van der Waals surface area contributed by atoms with Gasteiger partial charge in [0.1, 0.15) is 5.82 Å². The molecule has 1 amide bonds. The zero-order valence-corrected chi connectivity index (χ0v) is 17.6. The van der Waals surface area contributed by atoms with E-state index in [0.29, 0.717) is 23.1 Å². The molecule has 1 aromatic heterocycles. The Kier molecular flexibility index (Phi) is 5.79. The molecule has 1 saturated carbocycles. The zero-order chi connectivity index (χ0) is 20.5. The lowest BCUT2D eigenvalue weighted by Gasteiger charge is -2.30. The van der Waals surface area contributed by atoms with E-state index in [0.717, 1.165) is 49.2 Å². The molecule has 1 aromatic carbocycles. The van der Waals surface area contributed by atoms with Gasteiger partial charge >= 0.3 is 6.09 Å². The van der Waals surface area contributed by atoms with Crippen LogP contribution in [0.2, 0.25) is 5.02 Å². The topological polar surface area (TPSA) is 80.5 Å². The maximum Gasteiger partial charge on any atom is 0.408 e. The van der Waals surface area contributed by atoms with Crippen LogP contribution >= 0.6 is 11.6 Å². The molecule has 2 heterocycles. The van der Waals surface area contributed by atoms with Gasteiger partial charge in [0, 0.05) is 10.9 Å². The summed E-state index contributed by atoms with van der Waals surface area (Å²) in [5.41, 5.74) is 1.79. The van der Waals surface area contributed by atoms with Gasteiger partial charge in [-0.25, -0.2) is 4.79 Å². The van der Waals surface area contributed by atoms with Gasteiger partial charge in [-0.2, -0.15) is 0 Å². The van der Waals surface area contributed by atoms with Gasteiger partial charge in [0.15, 0.2) is 5.82 Å². The van der Waals surface area contributed by atoms with Crippen molar-refractivity contribution in [3.63, 3.8) is 0 Å². The van der Waals surface area contributed by atoms with Crippen LogP contribution in [0.4, 0.5) is 4.79 Å². The highest BCUT2D eigenvalue weighted by Gasteiger charge is 2.32. The van der Waals surface area contributed by atoms with E-state index in [1.54, 1.807) is 0 Å². The third-order valence-electron chi connectivity index (χ3n) is 6.04. The molecule has 1 aliphatic heterocycles. The highest BCUT2D eigenvalue weighted by atomic mass is 35.5. The van der Waals surface area contributed by atoms with E-state index in [2.05, 4.69) is 28.6 Å². The minimum absolute atomic E-state index is 0.209. The van der Waals surface area contributed by atoms with Crippen LogP contribution in [0.25, 0.3) is 5.69 Å². The quantitative estimate of drug-likeness (QED) is 0.774. The number of carbonyl (C=O) groups is 1. The number of fused-ring (bicyclic) bond motifs is 3. The molecule has 29 heavy (non-hydrogen) atoms. The van der Waals surface area contributed by atoms with Crippen LogP contribution in [-0.2, 0) is 17.8 Å². The molecule has 0 bridgehead atoms. The molecule has 7 nitrogen and oxygen atoms in total. The maximum absolute atomic E-state index is 11.7. The number of rotatable bonds is 4. The molecule has 0 spiro atoms. The zero-order valence-electron chi connectivity index (χ0n) is 16.8. The smallest absolute Gasteiger partial charge is 0.408 e. The summed E-state index contributed by atoms with van der Waals surface area (Å²) >= 11 is 6.20. The average molecular weight is 419 g/mol. The Morgan fingerprint density at radius 3 is 2.72 bits per heavy atom. The Balaban J connectivity index is 1.63. The van der Waals surface area contributed by atoms with E-state index in [1.807, 2.05) is 18.2 Å². The van der Waals surface area contributed by atoms with E-state index in [4.69, 9.17) is 16.3 Å². The number of benzene rings is 1. The molecule has 1 N–H and O–H groups in total. The van der Waals surface area contributed by atoms with Crippen molar-refractivity contribution in [3.8, 4) is 5.69 Å². The van der Waals surface area contributed by atoms with Crippen LogP contribution in [0.15, 0.2) is 18.2 Å². The lowest BCUT2D eigenvalue weighted by molar-refractivity contribution is -0.0251. The fourth-order valence-corrected chi connectivity index (χ4v) is 4.50. The van der Waals surface area contributed by atoms with E-state index >= 15 is 0 Å². The minimum atomic E-state index is -0.975. The van der Waals surface area contributed by atoms with Crippen LogP contribution in [0, 0.1) is 0 Å². The summed E-state index contributed by atoms with van der Waals surface area (Å²) in [4.78, 5) is 13.0. The van der Waals surface area contributed by atoms with Crippen molar-refractivity contribution in [1.29, 1.82) is 0 Å². The van der Waals surface area contributed by atoms with Crippen LogP contribution in [0.1, 0.15) is 69.1 Å². The first-order chi connectivity index (χ1) is 14.0. The molecule has 1 fully saturated rings. The first-order valence-electron chi connectivity index (χ1n) is 10.3. The first-order valence-corrected chi connectivity index (χ1v) is 10.7. The fraction of sp³-hybridized carbons (Fsp3) is 0.571. The minimum Gasteiger partial charge on any atom is -0.465 e. The molecule has 1 atom stereocenters. The van der Waals surface area contributed by atoms with E-state index in [1.165, 1.54) is 4.90 Å². The van der Waals surface area contributed by atoms with Crippen molar-refractivity contribution in [1.82, 2.24) is 19.7 Å². The number of hydrogen-bond acceptors (Lipinski definition) is 4. The summed E-state index contributed by atoms with van der Waals surface area (Å²) in [7, 11) is 0. The Bertz CT molecular complexity index is 892. The predicted molar refractivity (Wildman–Crippen MR) is 109 cm³/mol. The Morgan fingerprint density at radius 1 is 1.28 bits per heavy atom. The summed E-state index contributed by atoms with van der Waals surface area (Å²) in [6.07, 6.45) is 4.64. The van der Waals surface area contributed by atoms with Gasteiger partial charge in [-0.15, -0.1) is 10.2 Å². The Hall–Kier alpha value is -2.12. The molecule has 1 unspecified atom stereocenters. The second-order valence-corrected chi connectivity index (χ2v) is 8.49. The SMILES string of the molecule is CCC(C)OC1CCC(c2nnc3n2-c2ccc(Cl)cc2CN(C(=O)O)C3)CC1. The van der Waals surface area contributed by atoms with Gasteiger partial charge in [0.2, 0.25) is 0 Å². The van der Waals surface area contributed by atoms with Crippen molar-refractivity contribution in [2.45, 2.75) is 77.2 Å². The molecule has 1 aliphatic carbocycles. The largest absolute Gasteiger partial charge is 0.465 e. The van der Waals surface area contributed by atoms with Gasteiger partial charge in [0.05, 0.1) is 31.0 Å². The fourth-order valence-electron chi connectivity index (χ4n) is 4.31. The summed E-state index contributed by atoms with van der Waals surface area (Å²) in [6, 6.07) is 5.61.